The van der Waals surface area contributed by atoms with E-state index in [1.807, 2.05) is 24.3 Å². The molecule has 1 heterocycles. The normalized spacial score (nSPS) is 11.7. The molecule has 0 radical (unpaired) electrons. The number of fused-ring (bicyclic) bond motifs is 3. The second kappa shape index (κ2) is 8.85. The number of hydrogen-bond donors (Lipinski definition) is 2. The summed E-state index contributed by atoms with van der Waals surface area (Å²) in [6.07, 6.45) is -0.0206. The minimum atomic E-state index is -0.954. The van der Waals surface area contributed by atoms with Crippen LogP contribution in [0.5, 0.6) is 0 Å². The fraction of sp³-hybridized carbons (Fsp3) is 0.167. The highest BCUT2D eigenvalue weighted by molar-refractivity contribution is 7.14. The quantitative estimate of drug-likeness (QED) is 0.465. The lowest BCUT2D eigenvalue weighted by Crippen LogP contribution is -2.26. The smallest absolute Gasteiger partial charge is 0.407 e. The number of benzene rings is 2. The van der Waals surface area contributed by atoms with Crippen molar-refractivity contribution >= 4 is 23.4 Å². The second-order valence-corrected chi connectivity index (χ2v) is 7.86. The van der Waals surface area contributed by atoms with E-state index in [1.165, 1.54) is 28.3 Å². The molecule has 0 bridgehead atoms. The average Bonchev–Trinajstić information content (AvgIpc) is 3.35. The molecule has 150 valence electrons. The molecule has 2 N–H and O–H groups in total. The number of thiophene rings is 1. The van der Waals surface area contributed by atoms with E-state index in [-0.39, 0.29) is 17.4 Å². The number of nitrogens with one attached hydrogen (secondary N) is 1. The SMILES string of the molecule is O=C(NCCC#Cc1ccc(C(=O)O)s1)OCC1c2ccccc2-c2ccccc21. The van der Waals surface area contributed by atoms with Crippen LogP contribution in [-0.4, -0.2) is 30.3 Å². The first-order valence-corrected chi connectivity index (χ1v) is 10.4. The molecular formula is C24H19NO4S. The van der Waals surface area contributed by atoms with Crippen LogP contribution in [0, 0.1) is 11.8 Å². The Hall–Kier alpha value is -3.56. The van der Waals surface area contributed by atoms with Crippen molar-refractivity contribution in [1.29, 1.82) is 0 Å². The number of carbonyl (C=O) groups is 2. The average molecular weight is 417 g/mol. The maximum Gasteiger partial charge on any atom is 0.407 e. The summed E-state index contributed by atoms with van der Waals surface area (Å²) in [5, 5.41) is 11.6. The molecule has 1 aromatic heterocycles. The first-order chi connectivity index (χ1) is 14.6. The number of carboxylic acids is 1. The number of ether oxygens (including phenoxy) is 1. The van der Waals surface area contributed by atoms with Crippen molar-refractivity contribution < 1.29 is 19.4 Å². The topological polar surface area (TPSA) is 75.6 Å². The van der Waals surface area contributed by atoms with E-state index in [0.29, 0.717) is 17.8 Å². The summed E-state index contributed by atoms with van der Waals surface area (Å²) in [5.41, 5.74) is 4.73. The van der Waals surface area contributed by atoms with Crippen molar-refractivity contribution in [2.45, 2.75) is 12.3 Å². The lowest BCUT2D eigenvalue weighted by molar-refractivity contribution is 0.0702. The second-order valence-electron chi connectivity index (χ2n) is 6.77. The van der Waals surface area contributed by atoms with Gasteiger partial charge in [-0.1, -0.05) is 60.4 Å². The van der Waals surface area contributed by atoms with E-state index in [0.717, 1.165) is 11.3 Å². The third kappa shape index (κ3) is 4.22. The molecule has 0 unspecified atom stereocenters. The molecule has 30 heavy (non-hydrogen) atoms. The molecule has 0 saturated heterocycles. The van der Waals surface area contributed by atoms with Crippen LogP contribution in [0.4, 0.5) is 4.79 Å². The fourth-order valence-electron chi connectivity index (χ4n) is 3.55. The third-order valence-corrected chi connectivity index (χ3v) is 5.88. The number of carboxylic acid groups (broad SMARTS) is 1. The van der Waals surface area contributed by atoms with Gasteiger partial charge in [0.2, 0.25) is 0 Å². The number of rotatable bonds is 5. The molecule has 4 rings (SSSR count). The molecule has 0 aliphatic heterocycles. The standard InChI is InChI=1S/C24H19NO4S/c26-23(27)22-13-12-16(30-22)7-5-6-14-25-24(28)29-15-21-19-10-3-1-8-17(19)18-9-2-4-11-20(18)21/h1-4,8-13,21H,6,14-15H2,(H,25,28)(H,26,27). The zero-order chi connectivity index (χ0) is 20.9. The Balaban J connectivity index is 1.28. The molecule has 0 saturated carbocycles. The number of carbonyl (C=O) groups excluding carboxylic acids is 1. The molecule has 1 aliphatic carbocycles. The van der Waals surface area contributed by atoms with Gasteiger partial charge in [-0.05, 0) is 34.4 Å². The maximum absolute atomic E-state index is 12.1. The molecule has 2 aromatic carbocycles. The number of hydrogen-bond acceptors (Lipinski definition) is 4. The molecular weight excluding hydrogens is 398 g/mol. The van der Waals surface area contributed by atoms with Crippen molar-refractivity contribution in [2.75, 3.05) is 13.2 Å². The Labute approximate surface area is 178 Å². The van der Waals surface area contributed by atoms with Gasteiger partial charge in [0.15, 0.2) is 0 Å². The van der Waals surface area contributed by atoms with E-state index in [4.69, 9.17) is 9.84 Å². The van der Waals surface area contributed by atoms with Gasteiger partial charge in [-0.3, -0.25) is 0 Å². The molecule has 3 aromatic rings. The molecule has 5 nitrogen and oxygen atoms in total. The summed E-state index contributed by atoms with van der Waals surface area (Å²) in [7, 11) is 0. The van der Waals surface area contributed by atoms with Crippen LogP contribution in [0.3, 0.4) is 0 Å². The zero-order valence-electron chi connectivity index (χ0n) is 16.1. The van der Waals surface area contributed by atoms with Crippen LogP contribution >= 0.6 is 11.3 Å². The highest BCUT2D eigenvalue weighted by atomic mass is 32.1. The van der Waals surface area contributed by atoms with Crippen molar-refractivity contribution in [2.24, 2.45) is 0 Å². The van der Waals surface area contributed by atoms with Gasteiger partial charge in [-0.25, -0.2) is 9.59 Å². The van der Waals surface area contributed by atoms with Crippen LogP contribution in [0.2, 0.25) is 0 Å². The lowest BCUT2D eigenvalue weighted by Gasteiger charge is -2.14. The first-order valence-electron chi connectivity index (χ1n) is 9.54. The van der Waals surface area contributed by atoms with Gasteiger partial charge < -0.3 is 15.2 Å². The predicted molar refractivity (Wildman–Crippen MR) is 116 cm³/mol. The number of aromatic carboxylic acids is 1. The summed E-state index contributed by atoms with van der Waals surface area (Å²) in [5.74, 6) is 4.91. The Bertz CT molecular complexity index is 1110. The monoisotopic (exact) mass is 417 g/mol. The zero-order valence-corrected chi connectivity index (χ0v) is 16.9. The Morgan fingerprint density at radius 2 is 1.67 bits per heavy atom. The summed E-state index contributed by atoms with van der Waals surface area (Å²) in [4.78, 5) is 23.9. The van der Waals surface area contributed by atoms with Gasteiger partial charge in [-0.15, -0.1) is 11.3 Å². The summed E-state index contributed by atoms with van der Waals surface area (Å²) in [6.45, 7) is 0.638. The van der Waals surface area contributed by atoms with E-state index in [2.05, 4.69) is 41.4 Å². The Morgan fingerprint density at radius 3 is 2.30 bits per heavy atom. The minimum Gasteiger partial charge on any atom is -0.477 e. The highest BCUT2D eigenvalue weighted by Crippen LogP contribution is 2.44. The van der Waals surface area contributed by atoms with Crippen molar-refractivity contribution in [3.63, 3.8) is 0 Å². The molecule has 1 aliphatic rings. The van der Waals surface area contributed by atoms with Crippen molar-refractivity contribution in [1.82, 2.24) is 5.32 Å². The van der Waals surface area contributed by atoms with Crippen molar-refractivity contribution in [3.05, 3.63) is 81.5 Å². The lowest BCUT2D eigenvalue weighted by atomic mass is 9.98. The first kappa shape index (κ1) is 19.7. The summed E-state index contributed by atoms with van der Waals surface area (Å²) in [6, 6.07) is 19.6. The fourth-order valence-corrected chi connectivity index (χ4v) is 4.27. The van der Waals surface area contributed by atoms with Gasteiger partial charge in [0.25, 0.3) is 0 Å². The van der Waals surface area contributed by atoms with E-state index in [1.54, 1.807) is 6.07 Å². The van der Waals surface area contributed by atoms with E-state index >= 15 is 0 Å². The van der Waals surface area contributed by atoms with E-state index < -0.39 is 12.1 Å². The highest BCUT2D eigenvalue weighted by Gasteiger charge is 2.28. The van der Waals surface area contributed by atoms with Crippen LogP contribution in [0.15, 0.2) is 60.7 Å². The predicted octanol–water partition coefficient (Wildman–Crippen LogP) is 4.73. The molecule has 0 atom stereocenters. The molecule has 6 heteroatoms. The van der Waals surface area contributed by atoms with Gasteiger partial charge in [0, 0.05) is 18.9 Å². The van der Waals surface area contributed by atoms with Crippen LogP contribution < -0.4 is 5.32 Å². The van der Waals surface area contributed by atoms with Crippen LogP contribution in [0.1, 0.15) is 38.0 Å². The molecule has 1 amide bonds. The molecule has 0 fully saturated rings. The van der Waals surface area contributed by atoms with Crippen LogP contribution in [-0.2, 0) is 4.74 Å². The number of alkyl carbamates (subject to hydrolysis) is 1. The van der Waals surface area contributed by atoms with Crippen molar-refractivity contribution in [3.8, 4) is 23.0 Å². The number of amides is 1. The largest absolute Gasteiger partial charge is 0.477 e. The van der Waals surface area contributed by atoms with Gasteiger partial charge >= 0.3 is 12.1 Å². The summed E-state index contributed by atoms with van der Waals surface area (Å²) < 4.78 is 5.47. The van der Waals surface area contributed by atoms with Gasteiger partial charge in [-0.2, -0.15) is 0 Å². The maximum atomic E-state index is 12.1. The third-order valence-electron chi connectivity index (χ3n) is 4.89. The molecule has 0 spiro atoms. The van der Waals surface area contributed by atoms with Crippen LogP contribution in [0.25, 0.3) is 11.1 Å². The summed E-state index contributed by atoms with van der Waals surface area (Å²) >= 11 is 1.13. The Morgan fingerprint density at radius 1 is 1.00 bits per heavy atom. The Kier molecular flexibility index (Phi) is 5.82. The van der Waals surface area contributed by atoms with Gasteiger partial charge in [0.05, 0.1) is 4.88 Å². The minimum absolute atomic E-state index is 0.0326. The van der Waals surface area contributed by atoms with Gasteiger partial charge in [0.1, 0.15) is 11.5 Å². The van der Waals surface area contributed by atoms with E-state index in [9.17, 15) is 9.59 Å².